The van der Waals surface area contributed by atoms with Crippen LogP contribution in [0.3, 0.4) is 0 Å². The highest BCUT2D eigenvalue weighted by Crippen LogP contribution is 2.12. The highest BCUT2D eigenvalue weighted by atomic mass is 127. The van der Waals surface area contributed by atoms with Crippen molar-refractivity contribution in [3.05, 3.63) is 39.9 Å². The Labute approximate surface area is 142 Å². The fraction of sp³-hybridized carbons (Fsp3) is 0.500. The van der Waals surface area contributed by atoms with E-state index in [2.05, 4.69) is 29.5 Å². The Balaban J connectivity index is 0.00000400. The Morgan fingerprint density at radius 2 is 1.95 bits per heavy atom. The largest absolute Gasteiger partial charge is 0.357 e. The monoisotopic (exact) mass is 406 g/mol. The van der Waals surface area contributed by atoms with Gasteiger partial charge in [-0.2, -0.15) is 0 Å². The van der Waals surface area contributed by atoms with Gasteiger partial charge in [-0.25, -0.2) is 4.99 Å². The number of guanidine groups is 1. The second-order valence-corrected chi connectivity index (χ2v) is 4.57. The lowest BCUT2D eigenvalue weighted by molar-refractivity contribution is -0.384. The SMILES string of the molecule is CCNC(=NCc1ccc([N+](=O)[O-])cc1)NC(C)CC.I. The number of nitro groups is 1. The molecular formula is C14H23IN4O2. The average Bonchev–Trinajstić information content (AvgIpc) is 2.45. The molecule has 0 heterocycles. The van der Waals surface area contributed by atoms with Crippen molar-refractivity contribution in [2.45, 2.75) is 39.8 Å². The maximum atomic E-state index is 10.6. The zero-order chi connectivity index (χ0) is 15.0. The van der Waals surface area contributed by atoms with Crippen molar-refractivity contribution in [3.63, 3.8) is 0 Å². The topological polar surface area (TPSA) is 79.6 Å². The molecule has 1 unspecified atom stereocenters. The number of non-ortho nitro benzene ring substituents is 1. The van der Waals surface area contributed by atoms with Crippen LogP contribution >= 0.6 is 24.0 Å². The van der Waals surface area contributed by atoms with E-state index in [0.717, 1.165) is 24.5 Å². The zero-order valence-corrected chi connectivity index (χ0v) is 15.0. The lowest BCUT2D eigenvalue weighted by atomic mass is 10.2. The molecule has 0 bridgehead atoms. The fourth-order valence-corrected chi connectivity index (χ4v) is 1.55. The predicted molar refractivity (Wildman–Crippen MR) is 96.2 cm³/mol. The average molecular weight is 406 g/mol. The molecular weight excluding hydrogens is 383 g/mol. The first-order valence-corrected chi connectivity index (χ1v) is 6.85. The van der Waals surface area contributed by atoms with Crippen LogP contribution in [0.4, 0.5) is 5.69 Å². The van der Waals surface area contributed by atoms with Gasteiger partial charge in [-0.05, 0) is 25.8 Å². The van der Waals surface area contributed by atoms with Crippen molar-refractivity contribution in [3.8, 4) is 0 Å². The number of rotatable bonds is 6. The molecule has 1 aromatic rings. The zero-order valence-electron chi connectivity index (χ0n) is 12.6. The minimum Gasteiger partial charge on any atom is -0.357 e. The fourth-order valence-electron chi connectivity index (χ4n) is 1.55. The molecule has 0 saturated carbocycles. The molecule has 0 radical (unpaired) electrons. The van der Waals surface area contributed by atoms with Gasteiger partial charge >= 0.3 is 0 Å². The number of halogens is 1. The number of benzene rings is 1. The van der Waals surface area contributed by atoms with Crippen LogP contribution in [-0.2, 0) is 6.54 Å². The minimum atomic E-state index is -0.401. The Hall–Kier alpha value is -1.38. The standard InChI is InChI=1S/C14H22N4O2.HI/c1-4-11(3)17-14(15-5-2)16-10-12-6-8-13(9-7-12)18(19)20;/h6-9,11H,4-5,10H2,1-3H3,(H2,15,16,17);1H. The normalized spacial score (nSPS) is 12.2. The van der Waals surface area contributed by atoms with Gasteiger partial charge in [0.1, 0.15) is 0 Å². The number of hydrogen-bond acceptors (Lipinski definition) is 3. The van der Waals surface area contributed by atoms with Gasteiger partial charge in [0.15, 0.2) is 5.96 Å². The van der Waals surface area contributed by atoms with E-state index in [1.807, 2.05) is 6.92 Å². The van der Waals surface area contributed by atoms with Crippen molar-refractivity contribution in [1.29, 1.82) is 0 Å². The predicted octanol–water partition coefficient (Wildman–Crippen LogP) is 3.07. The van der Waals surface area contributed by atoms with Gasteiger partial charge in [0.25, 0.3) is 5.69 Å². The highest BCUT2D eigenvalue weighted by Gasteiger charge is 2.05. The molecule has 1 aromatic carbocycles. The van der Waals surface area contributed by atoms with Crippen LogP contribution in [-0.4, -0.2) is 23.5 Å². The summed E-state index contributed by atoms with van der Waals surface area (Å²) >= 11 is 0. The van der Waals surface area contributed by atoms with E-state index in [0.29, 0.717) is 12.6 Å². The second kappa shape index (κ2) is 10.4. The van der Waals surface area contributed by atoms with Gasteiger partial charge in [-0.1, -0.05) is 19.1 Å². The maximum absolute atomic E-state index is 10.6. The first-order valence-electron chi connectivity index (χ1n) is 6.85. The summed E-state index contributed by atoms with van der Waals surface area (Å²) in [5, 5.41) is 17.1. The molecule has 0 spiro atoms. The first kappa shape index (κ1) is 19.6. The van der Waals surface area contributed by atoms with Crippen molar-refractivity contribution in [1.82, 2.24) is 10.6 Å². The molecule has 0 amide bonds. The summed E-state index contributed by atoms with van der Waals surface area (Å²) < 4.78 is 0. The maximum Gasteiger partial charge on any atom is 0.269 e. The third kappa shape index (κ3) is 7.26. The number of nitrogens with one attached hydrogen (secondary N) is 2. The molecule has 0 aromatic heterocycles. The van der Waals surface area contributed by atoms with E-state index >= 15 is 0 Å². The molecule has 0 aliphatic heterocycles. The number of aliphatic imine (C=N–C) groups is 1. The van der Waals surface area contributed by atoms with E-state index in [4.69, 9.17) is 0 Å². The van der Waals surface area contributed by atoms with Gasteiger partial charge in [0, 0.05) is 24.7 Å². The molecule has 1 rings (SSSR count). The van der Waals surface area contributed by atoms with Crippen LogP contribution in [0.2, 0.25) is 0 Å². The third-order valence-corrected chi connectivity index (χ3v) is 2.91. The quantitative estimate of drug-likeness (QED) is 0.250. The third-order valence-electron chi connectivity index (χ3n) is 2.91. The van der Waals surface area contributed by atoms with Gasteiger partial charge in [-0.15, -0.1) is 24.0 Å². The Morgan fingerprint density at radius 1 is 1.33 bits per heavy atom. The van der Waals surface area contributed by atoms with Gasteiger partial charge in [0.05, 0.1) is 11.5 Å². The summed E-state index contributed by atoms with van der Waals surface area (Å²) in [6.45, 7) is 7.50. The van der Waals surface area contributed by atoms with Crippen LogP contribution < -0.4 is 10.6 Å². The van der Waals surface area contributed by atoms with E-state index < -0.39 is 4.92 Å². The lowest BCUT2D eigenvalue weighted by Gasteiger charge is -2.16. The van der Waals surface area contributed by atoms with E-state index in [-0.39, 0.29) is 29.7 Å². The summed E-state index contributed by atoms with van der Waals surface area (Å²) in [6, 6.07) is 6.81. The van der Waals surface area contributed by atoms with E-state index in [1.54, 1.807) is 12.1 Å². The summed E-state index contributed by atoms with van der Waals surface area (Å²) in [6.07, 6.45) is 1.02. The molecule has 0 fully saturated rings. The number of hydrogen-bond donors (Lipinski definition) is 2. The van der Waals surface area contributed by atoms with Crippen molar-refractivity contribution < 1.29 is 4.92 Å². The highest BCUT2D eigenvalue weighted by molar-refractivity contribution is 14.0. The van der Waals surface area contributed by atoms with Gasteiger partial charge in [-0.3, -0.25) is 10.1 Å². The van der Waals surface area contributed by atoms with Gasteiger partial charge < -0.3 is 10.6 Å². The molecule has 7 heteroatoms. The van der Waals surface area contributed by atoms with Crippen LogP contribution in [0.1, 0.15) is 32.8 Å². The van der Waals surface area contributed by atoms with E-state index in [1.165, 1.54) is 12.1 Å². The molecule has 2 N–H and O–H groups in total. The molecule has 1 atom stereocenters. The van der Waals surface area contributed by atoms with Gasteiger partial charge in [0.2, 0.25) is 0 Å². The van der Waals surface area contributed by atoms with Crippen LogP contribution in [0.25, 0.3) is 0 Å². The number of nitrogens with zero attached hydrogens (tertiary/aromatic N) is 2. The summed E-state index contributed by atoms with van der Waals surface area (Å²) in [5.41, 5.74) is 1.04. The van der Waals surface area contributed by atoms with Crippen molar-refractivity contribution >= 4 is 35.6 Å². The molecule has 118 valence electrons. The summed E-state index contributed by atoms with van der Waals surface area (Å²) in [5.74, 6) is 0.764. The molecule has 0 saturated heterocycles. The molecule has 6 nitrogen and oxygen atoms in total. The lowest BCUT2D eigenvalue weighted by Crippen LogP contribution is -2.41. The molecule has 21 heavy (non-hydrogen) atoms. The Bertz CT molecular complexity index is 463. The Morgan fingerprint density at radius 3 is 2.43 bits per heavy atom. The van der Waals surface area contributed by atoms with Crippen LogP contribution in [0, 0.1) is 10.1 Å². The summed E-state index contributed by atoms with van der Waals surface area (Å²) in [7, 11) is 0. The minimum absolute atomic E-state index is 0. The summed E-state index contributed by atoms with van der Waals surface area (Å²) in [4.78, 5) is 14.6. The van der Waals surface area contributed by atoms with E-state index in [9.17, 15) is 10.1 Å². The first-order chi connectivity index (χ1) is 9.56. The van der Waals surface area contributed by atoms with Crippen LogP contribution in [0.5, 0.6) is 0 Å². The molecule has 0 aliphatic carbocycles. The Kier molecular flexibility index (Phi) is 9.68. The smallest absolute Gasteiger partial charge is 0.269 e. The van der Waals surface area contributed by atoms with Crippen molar-refractivity contribution in [2.75, 3.05) is 6.54 Å². The van der Waals surface area contributed by atoms with Crippen molar-refractivity contribution in [2.24, 2.45) is 4.99 Å². The second-order valence-electron chi connectivity index (χ2n) is 4.57. The molecule has 0 aliphatic rings. The van der Waals surface area contributed by atoms with Crippen LogP contribution in [0.15, 0.2) is 29.3 Å². The number of nitro benzene ring substituents is 1.